The number of nitrogens with one attached hydrogen (secondary N) is 1. The fourth-order valence-electron chi connectivity index (χ4n) is 1.75. The Hall–Kier alpha value is -2.17. The van der Waals surface area contributed by atoms with Crippen molar-refractivity contribution in [3.8, 4) is 5.75 Å². The lowest BCUT2D eigenvalue weighted by Crippen LogP contribution is -2.05. The molecule has 2 aromatic rings. The van der Waals surface area contributed by atoms with Crippen LogP contribution in [-0.2, 0) is 6.54 Å². The van der Waals surface area contributed by atoms with Gasteiger partial charge in [-0.3, -0.25) is 0 Å². The van der Waals surface area contributed by atoms with Crippen molar-refractivity contribution in [3.05, 3.63) is 58.9 Å². The topological polar surface area (TPSA) is 32.3 Å². The van der Waals surface area contributed by atoms with E-state index in [-0.39, 0.29) is 12.3 Å². The van der Waals surface area contributed by atoms with Crippen LogP contribution in [0.4, 0.5) is 18.9 Å². The molecule has 2 rings (SSSR count). The van der Waals surface area contributed by atoms with Crippen LogP contribution in [-0.4, -0.2) is 5.11 Å². The van der Waals surface area contributed by atoms with Gasteiger partial charge in [0.25, 0.3) is 0 Å². The number of phenolic OH excluding ortho intramolecular Hbond substituents is 1. The van der Waals surface area contributed by atoms with Crippen LogP contribution in [0.15, 0.2) is 30.3 Å². The van der Waals surface area contributed by atoms with Crippen LogP contribution < -0.4 is 5.32 Å². The maximum atomic E-state index is 13.4. The molecule has 0 atom stereocenters. The summed E-state index contributed by atoms with van der Waals surface area (Å²) in [6.45, 7) is 1.87. The normalized spacial score (nSPS) is 10.5. The lowest BCUT2D eigenvalue weighted by Gasteiger charge is -2.10. The fourth-order valence-corrected chi connectivity index (χ4v) is 1.75. The average molecular weight is 267 g/mol. The quantitative estimate of drug-likeness (QED) is 0.888. The largest absolute Gasteiger partial charge is 0.508 e. The molecule has 0 bridgehead atoms. The molecule has 19 heavy (non-hydrogen) atoms. The highest BCUT2D eigenvalue weighted by atomic mass is 19.1. The molecule has 0 aliphatic rings. The van der Waals surface area contributed by atoms with E-state index >= 15 is 0 Å². The van der Waals surface area contributed by atoms with Gasteiger partial charge in [0.1, 0.15) is 17.3 Å². The van der Waals surface area contributed by atoms with E-state index in [2.05, 4.69) is 5.32 Å². The van der Waals surface area contributed by atoms with Gasteiger partial charge in [0.05, 0.1) is 0 Å². The molecule has 2 aromatic carbocycles. The predicted octanol–water partition coefficient (Wildman–Crippen LogP) is 3.73. The molecule has 0 unspecified atom stereocenters. The van der Waals surface area contributed by atoms with Crippen LogP contribution in [0.1, 0.15) is 11.1 Å². The van der Waals surface area contributed by atoms with Gasteiger partial charge in [-0.25, -0.2) is 13.2 Å². The van der Waals surface area contributed by atoms with E-state index in [1.807, 2.05) is 6.92 Å². The van der Waals surface area contributed by atoms with Gasteiger partial charge in [0, 0.05) is 24.2 Å². The molecule has 0 spiro atoms. The van der Waals surface area contributed by atoms with Crippen molar-refractivity contribution in [2.24, 2.45) is 0 Å². The van der Waals surface area contributed by atoms with Crippen molar-refractivity contribution >= 4 is 5.69 Å². The first-order valence-corrected chi connectivity index (χ1v) is 5.64. The number of hydrogen-bond acceptors (Lipinski definition) is 2. The Morgan fingerprint density at radius 3 is 2.32 bits per heavy atom. The summed E-state index contributed by atoms with van der Waals surface area (Å²) in [5.74, 6) is -2.96. The maximum Gasteiger partial charge on any atom is 0.152 e. The Kier molecular flexibility index (Phi) is 3.64. The molecule has 0 amide bonds. The molecule has 0 saturated heterocycles. The van der Waals surface area contributed by atoms with Crippen LogP contribution in [0.5, 0.6) is 5.75 Å². The number of aromatic hydroxyl groups is 1. The van der Waals surface area contributed by atoms with E-state index in [1.54, 1.807) is 12.1 Å². The number of hydrogen-bond donors (Lipinski definition) is 2. The van der Waals surface area contributed by atoms with Gasteiger partial charge in [0.2, 0.25) is 0 Å². The Morgan fingerprint density at radius 1 is 1.05 bits per heavy atom. The van der Waals surface area contributed by atoms with Crippen molar-refractivity contribution in [1.29, 1.82) is 0 Å². The first-order valence-electron chi connectivity index (χ1n) is 5.64. The first kappa shape index (κ1) is 13.3. The van der Waals surface area contributed by atoms with Crippen molar-refractivity contribution < 1.29 is 18.3 Å². The van der Waals surface area contributed by atoms with Crippen LogP contribution in [0.2, 0.25) is 0 Å². The second-order valence-corrected chi connectivity index (χ2v) is 4.23. The van der Waals surface area contributed by atoms with E-state index in [1.165, 1.54) is 6.07 Å². The first-order chi connectivity index (χ1) is 8.97. The lowest BCUT2D eigenvalue weighted by molar-refractivity contribution is 0.468. The Morgan fingerprint density at radius 2 is 1.68 bits per heavy atom. The standard InChI is InChI=1S/C14H12F3NO/c1-8-2-3-13(19)9(4-8)7-18-14-11(16)5-10(15)6-12(14)17/h2-6,18-19H,7H2,1H3. The lowest BCUT2D eigenvalue weighted by atomic mass is 10.1. The van der Waals surface area contributed by atoms with E-state index in [9.17, 15) is 18.3 Å². The minimum absolute atomic E-state index is 0.0287. The summed E-state index contributed by atoms with van der Waals surface area (Å²) in [5, 5.41) is 12.1. The molecule has 0 heterocycles. The van der Waals surface area contributed by atoms with Crippen LogP contribution >= 0.6 is 0 Å². The molecule has 0 fully saturated rings. The molecule has 0 aliphatic heterocycles. The molecule has 0 radical (unpaired) electrons. The molecule has 5 heteroatoms. The maximum absolute atomic E-state index is 13.4. The number of halogens is 3. The van der Waals surface area contributed by atoms with Gasteiger partial charge in [-0.05, 0) is 13.0 Å². The minimum atomic E-state index is -1.01. The van der Waals surface area contributed by atoms with Crippen LogP contribution in [0.25, 0.3) is 0 Å². The van der Waals surface area contributed by atoms with Gasteiger partial charge in [-0.1, -0.05) is 17.7 Å². The third-order valence-electron chi connectivity index (χ3n) is 2.70. The summed E-state index contributed by atoms with van der Waals surface area (Å²) in [5.41, 5.74) is 1.00. The zero-order valence-corrected chi connectivity index (χ0v) is 10.2. The van der Waals surface area contributed by atoms with E-state index in [4.69, 9.17) is 0 Å². The average Bonchev–Trinajstić information content (AvgIpc) is 2.32. The third-order valence-corrected chi connectivity index (χ3v) is 2.70. The monoisotopic (exact) mass is 267 g/mol. The van der Waals surface area contributed by atoms with Gasteiger partial charge in [-0.2, -0.15) is 0 Å². The molecular formula is C14H12F3NO. The van der Waals surface area contributed by atoms with E-state index < -0.39 is 23.1 Å². The Bertz CT molecular complexity index is 591. The predicted molar refractivity (Wildman–Crippen MR) is 66.5 cm³/mol. The number of rotatable bonds is 3. The van der Waals surface area contributed by atoms with Crippen LogP contribution in [0.3, 0.4) is 0 Å². The fraction of sp³-hybridized carbons (Fsp3) is 0.143. The van der Waals surface area contributed by atoms with Crippen molar-refractivity contribution in [2.75, 3.05) is 5.32 Å². The zero-order chi connectivity index (χ0) is 14.0. The molecule has 0 aliphatic carbocycles. The number of phenols is 1. The van der Waals surface area contributed by atoms with Crippen LogP contribution in [0, 0.1) is 24.4 Å². The number of aryl methyl sites for hydroxylation is 1. The molecule has 100 valence electrons. The number of anilines is 1. The van der Waals surface area contributed by atoms with E-state index in [0.29, 0.717) is 17.7 Å². The molecule has 0 aromatic heterocycles. The van der Waals surface area contributed by atoms with Gasteiger partial charge in [0.15, 0.2) is 11.6 Å². The Labute approximate surface area is 108 Å². The summed E-state index contributed by atoms with van der Waals surface area (Å²) in [6.07, 6.45) is 0. The highest BCUT2D eigenvalue weighted by molar-refractivity contribution is 5.48. The van der Waals surface area contributed by atoms with Crippen molar-refractivity contribution in [1.82, 2.24) is 0 Å². The van der Waals surface area contributed by atoms with Gasteiger partial charge < -0.3 is 10.4 Å². The highest BCUT2D eigenvalue weighted by Crippen LogP contribution is 2.23. The smallest absolute Gasteiger partial charge is 0.152 e. The second kappa shape index (κ2) is 5.22. The highest BCUT2D eigenvalue weighted by Gasteiger charge is 2.11. The summed E-state index contributed by atoms with van der Waals surface area (Å²) in [6, 6.07) is 6.12. The van der Waals surface area contributed by atoms with Crippen molar-refractivity contribution in [2.45, 2.75) is 13.5 Å². The molecular weight excluding hydrogens is 255 g/mol. The third kappa shape index (κ3) is 2.99. The minimum Gasteiger partial charge on any atom is -0.508 e. The zero-order valence-electron chi connectivity index (χ0n) is 10.2. The van der Waals surface area contributed by atoms with Gasteiger partial charge >= 0.3 is 0 Å². The summed E-state index contributed by atoms with van der Waals surface area (Å²) < 4.78 is 39.5. The second-order valence-electron chi connectivity index (χ2n) is 4.23. The van der Waals surface area contributed by atoms with Crippen molar-refractivity contribution in [3.63, 3.8) is 0 Å². The molecule has 2 N–H and O–H groups in total. The van der Waals surface area contributed by atoms with E-state index in [0.717, 1.165) is 5.56 Å². The van der Waals surface area contributed by atoms with Gasteiger partial charge in [-0.15, -0.1) is 0 Å². The molecule has 2 nitrogen and oxygen atoms in total. The number of benzene rings is 2. The summed E-state index contributed by atoms with van der Waals surface area (Å²) >= 11 is 0. The Balaban J connectivity index is 2.21. The summed E-state index contributed by atoms with van der Waals surface area (Å²) in [4.78, 5) is 0. The SMILES string of the molecule is Cc1ccc(O)c(CNc2c(F)cc(F)cc2F)c1. The molecule has 0 saturated carbocycles. The summed E-state index contributed by atoms with van der Waals surface area (Å²) in [7, 11) is 0.